The minimum atomic E-state index is -0.290. The van der Waals surface area contributed by atoms with Gasteiger partial charge in [0.05, 0.1) is 15.2 Å². The number of nitrogens with zero attached hydrogens (tertiary/aromatic N) is 2. The molecular formula is C18H14Cl2N2OS. The molecule has 0 bridgehead atoms. The number of hydrogen-bond acceptors (Lipinski definition) is 2. The third-order valence-corrected chi connectivity index (χ3v) is 5.03. The van der Waals surface area contributed by atoms with Crippen molar-refractivity contribution in [3.05, 3.63) is 75.0 Å². The molecule has 0 N–H and O–H groups in total. The number of rotatable bonds is 3. The van der Waals surface area contributed by atoms with Crippen LogP contribution >= 0.6 is 34.5 Å². The van der Waals surface area contributed by atoms with Crippen LogP contribution in [0.3, 0.4) is 0 Å². The molecule has 0 aliphatic carbocycles. The summed E-state index contributed by atoms with van der Waals surface area (Å²) in [4.78, 5) is 17.3. The van der Waals surface area contributed by atoms with Crippen molar-refractivity contribution in [2.75, 3.05) is 0 Å². The Hall–Kier alpha value is -1.88. The van der Waals surface area contributed by atoms with Crippen LogP contribution in [-0.2, 0) is 6.54 Å². The normalized spacial score (nSPS) is 11.9. The molecule has 0 saturated carbocycles. The van der Waals surface area contributed by atoms with Gasteiger partial charge in [0.15, 0.2) is 4.80 Å². The lowest BCUT2D eigenvalue weighted by atomic mass is 10.1. The monoisotopic (exact) mass is 376 g/mol. The summed E-state index contributed by atoms with van der Waals surface area (Å²) in [5.74, 6) is -0.290. The number of benzene rings is 2. The Morgan fingerprint density at radius 3 is 2.67 bits per heavy atom. The molecule has 1 heterocycles. The molecule has 1 amide bonds. The second-order valence-corrected chi connectivity index (χ2v) is 7.15. The van der Waals surface area contributed by atoms with Crippen molar-refractivity contribution in [1.82, 2.24) is 4.57 Å². The summed E-state index contributed by atoms with van der Waals surface area (Å²) in [5, 5.41) is 1.08. The number of hydrogen-bond donors (Lipinski definition) is 0. The molecule has 0 radical (unpaired) electrons. The van der Waals surface area contributed by atoms with Gasteiger partial charge >= 0.3 is 0 Å². The molecule has 0 aliphatic heterocycles. The Balaban J connectivity index is 2.19. The van der Waals surface area contributed by atoms with Crippen LogP contribution < -0.4 is 4.80 Å². The zero-order valence-corrected chi connectivity index (χ0v) is 15.3. The summed E-state index contributed by atoms with van der Waals surface area (Å²) in [5.41, 5.74) is 2.45. The first-order valence-corrected chi connectivity index (χ1v) is 8.82. The Labute approximate surface area is 153 Å². The van der Waals surface area contributed by atoms with E-state index in [-0.39, 0.29) is 5.91 Å². The fourth-order valence-electron chi connectivity index (χ4n) is 2.36. The summed E-state index contributed by atoms with van der Waals surface area (Å²) in [6.07, 6.45) is 1.74. The van der Waals surface area contributed by atoms with E-state index in [9.17, 15) is 4.79 Å². The number of thiazole rings is 1. The van der Waals surface area contributed by atoms with Crippen molar-refractivity contribution in [2.45, 2.75) is 13.5 Å². The number of amides is 1. The van der Waals surface area contributed by atoms with Gasteiger partial charge in [0.25, 0.3) is 5.91 Å². The predicted molar refractivity (Wildman–Crippen MR) is 101 cm³/mol. The smallest absolute Gasteiger partial charge is 0.279 e. The maximum Gasteiger partial charge on any atom is 0.279 e. The van der Waals surface area contributed by atoms with Crippen molar-refractivity contribution < 1.29 is 4.79 Å². The molecule has 0 fully saturated rings. The van der Waals surface area contributed by atoms with E-state index in [0.717, 1.165) is 15.8 Å². The summed E-state index contributed by atoms with van der Waals surface area (Å²) in [6.45, 7) is 6.24. The van der Waals surface area contributed by atoms with Crippen molar-refractivity contribution in [2.24, 2.45) is 4.99 Å². The topological polar surface area (TPSA) is 34.4 Å². The highest BCUT2D eigenvalue weighted by Gasteiger charge is 2.12. The predicted octanol–water partition coefficient (Wildman–Crippen LogP) is 5.25. The van der Waals surface area contributed by atoms with Crippen LogP contribution in [0.4, 0.5) is 0 Å². The van der Waals surface area contributed by atoms with Gasteiger partial charge in [-0.1, -0.05) is 58.3 Å². The second-order valence-electron chi connectivity index (χ2n) is 5.30. The van der Waals surface area contributed by atoms with Crippen molar-refractivity contribution in [3.63, 3.8) is 0 Å². The minimum Gasteiger partial charge on any atom is -0.311 e. The highest BCUT2D eigenvalue weighted by molar-refractivity contribution is 7.16. The number of carbonyl (C=O) groups excluding carboxylic acids is 1. The molecule has 3 aromatic rings. The average Bonchev–Trinajstić information content (AvgIpc) is 2.85. The Bertz CT molecular complexity index is 1000. The largest absolute Gasteiger partial charge is 0.311 e. The molecule has 3 nitrogen and oxygen atoms in total. The zero-order chi connectivity index (χ0) is 17.3. The lowest BCUT2D eigenvalue weighted by Crippen LogP contribution is -2.16. The van der Waals surface area contributed by atoms with E-state index < -0.39 is 0 Å². The Kier molecular flexibility index (Phi) is 4.90. The average molecular weight is 377 g/mol. The lowest BCUT2D eigenvalue weighted by Gasteiger charge is -2.03. The highest BCUT2D eigenvalue weighted by atomic mass is 35.5. The number of fused-ring (bicyclic) bond motifs is 1. The molecule has 0 aliphatic rings. The first kappa shape index (κ1) is 17.0. The van der Waals surface area contributed by atoms with Gasteiger partial charge in [-0.15, -0.1) is 6.58 Å². The fraction of sp³-hybridized carbons (Fsp3) is 0.111. The summed E-state index contributed by atoms with van der Waals surface area (Å²) < 4.78 is 2.75. The van der Waals surface area contributed by atoms with Gasteiger partial charge in [-0.25, -0.2) is 0 Å². The van der Waals surface area contributed by atoms with Gasteiger partial charge in [0.2, 0.25) is 0 Å². The lowest BCUT2D eigenvalue weighted by molar-refractivity contribution is 0.0998. The third kappa shape index (κ3) is 3.31. The van der Waals surface area contributed by atoms with Gasteiger partial charge in [0, 0.05) is 17.1 Å². The number of allylic oxidation sites excluding steroid dienone is 1. The van der Waals surface area contributed by atoms with Crippen molar-refractivity contribution in [1.29, 1.82) is 0 Å². The van der Waals surface area contributed by atoms with Gasteiger partial charge in [0.1, 0.15) is 0 Å². The van der Waals surface area contributed by atoms with E-state index in [0.29, 0.717) is 27.0 Å². The molecule has 122 valence electrons. The van der Waals surface area contributed by atoms with Crippen LogP contribution in [0.15, 0.2) is 54.0 Å². The van der Waals surface area contributed by atoms with Crippen LogP contribution in [0.2, 0.25) is 10.0 Å². The molecule has 3 rings (SSSR count). The fourth-order valence-corrected chi connectivity index (χ4v) is 4.18. The van der Waals surface area contributed by atoms with Crippen LogP contribution in [0.25, 0.3) is 10.2 Å². The first-order chi connectivity index (χ1) is 11.5. The van der Waals surface area contributed by atoms with Crippen LogP contribution in [0.1, 0.15) is 15.9 Å². The van der Waals surface area contributed by atoms with Crippen molar-refractivity contribution in [3.8, 4) is 0 Å². The van der Waals surface area contributed by atoms with Crippen LogP contribution in [-0.4, -0.2) is 10.5 Å². The molecule has 2 aromatic carbocycles. The SMILES string of the molecule is C=CCn1c(=NC(=O)c2ccc(C)cc2)sc2cc(Cl)cc(Cl)c21. The molecule has 6 heteroatoms. The van der Waals surface area contributed by atoms with E-state index in [2.05, 4.69) is 11.6 Å². The first-order valence-electron chi connectivity index (χ1n) is 7.24. The molecule has 0 atom stereocenters. The number of aromatic nitrogens is 1. The quantitative estimate of drug-likeness (QED) is 0.575. The molecule has 0 spiro atoms. The minimum absolute atomic E-state index is 0.290. The van der Waals surface area contributed by atoms with E-state index in [1.807, 2.05) is 29.7 Å². The summed E-state index contributed by atoms with van der Waals surface area (Å²) >= 11 is 13.8. The second kappa shape index (κ2) is 6.93. The zero-order valence-electron chi connectivity index (χ0n) is 12.9. The summed E-state index contributed by atoms with van der Waals surface area (Å²) in [7, 11) is 0. The maximum atomic E-state index is 12.5. The molecule has 0 saturated heterocycles. The van der Waals surface area contributed by atoms with Crippen LogP contribution in [0, 0.1) is 6.92 Å². The van der Waals surface area contributed by atoms with Gasteiger partial charge in [-0.2, -0.15) is 4.99 Å². The van der Waals surface area contributed by atoms with E-state index in [1.54, 1.807) is 24.3 Å². The summed E-state index contributed by atoms with van der Waals surface area (Å²) in [6, 6.07) is 10.8. The molecule has 0 unspecified atom stereocenters. The molecule has 24 heavy (non-hydrogen) atoms. The van der Waals surface area contributed by atoms with E-state index in [4.69, 9.17) is 23.2 Å². The standard InChI is InChI=1S/C18H14Cl2N2OS/c1-3-8-22-16-14(20)9-13(19)10-15(16)24-18(22)21-17(23)12-6-4-11(2)5-7-12/h3-7,9-10H,1,8H2,2H3. The maximum absolute atomic E-state index is 12.5. The molecular weight excluding hydrogens is 363 g/mol. The van der Waals surface area contributed by atoms with E-state index >= 15 is 0 Å². The Morgan fingerprint density at radius 2 is 2.00 bits per heavy atom. The highest BCUT2D eigenvalue weighted by Crippen LogP contribution is 2.29. The van der Waals surface area contributed by atoms with Gasteiger partial charge in [-0.3, -0.25) is 4.79 Å². The Morgan fingerprint density at radius 1 is 1.29 bits per heavy atom. The van der Waals surface area contributed by atoms with Crippen molar-refractivity contribution >= 4 is 50.7 Å². The molecule has 1 aromatic heterocycles. The third-order valence-electron chi connectivity index (χ3n) is 3.50. The van der Waals surface area contributed by atoms with Gasteiger partial charge in [-0.05, 0) is 31.2 Å². The number of aryl methyl sites for hydroxylation is 1. The van der Waals surface area contributed by atoms with Gasteiger partial charge < -0.3 is 4.57 Å². The number of halogens is 2. The number of carbonyl (C=O) groups is 1. The van der Waals surface area contributed by atoms with E-state index in [1.165, 1.54) is 11.3 Å². The van der Waals surface area contributed by atoms with Crippen LogP contribution in [0.5, 0.6) is 0 Å².